The highest BCUT2D eigenvalue weighted by Gasteiger charge is 2.05. The van der Waals surface area contributed by atoms with Crippen molar-refractivity contribution in [1.82, 2.24) is 0 Å². The zero-order chi connectivity index (χ0) is 9.84. The van der Waals surface area contributed by atoms with Gasteiger partial charge in [-0.05, 0) is 24.6 Å². The summed E-state index contributed by atoms with van der Waals surface area (Å²) in [6.45, 7) is 1.22. The zero-order valence-corrected chi connectivity index (χ0v) is 7.26. The topological polar surface area (TPSA) is 35.2 Å². The number of benzene rings is 1. The largest absolute Gasteiger partial charge is 0.485 e. The Morgan fingerprint density at radius 1 is 1.46 bits per heavy atom. The summed E-state index contributed by atoms with van der Waals surface area (Å²) < 4.78 is 28.4. The lowest BCUT2D eigenvalue weighted by Gasteiger charge is -2.08. The number of aryl methyl sites for hydroxylation is 1. The van der Waals surface area contributed by atoms with E-state index in [1.165, 1.54) is 0 Å². The molecule has 0 amide bonds. The highest BCUT2D eigenvalue weighted by atomic mass is 19.3. The van der Waals surface area contributed by atoms with Gasteiger partial charge in [0.15, 0.2) is 0 Å². The Bertz CT molecular complexity index is 289. The van der Waals surface area contributed by atoms with Gasteiger partial charge >= 0.3 is 0 Å². The fraction of sp³-hybridized carbons (Fsp3) is 0.333. The van der Waals surface area contributed by atoms with E-state index in [0.29, 0.717) is 11.4 Å². The van der Waals surface area contributed by atoms with Crippen LogP contribution in [0.25, 0.3) is 0 Å². The highest BCUT2D eigenvalue weighted by Crippen LogP contribution is 2.22. The monoisotopic (exact) mass is 187 g/mol. The molecule has 0 aromatic heterocycles. The maximum atomic E-state index is 11.8. The first-order valence-electron chi connectivity index (χ1n) is 3.86. The Balaban J connectivity index is 2.70. The molecule has 0 unspecified atom stereocenters. The molecule has 0 fully saturated rings. The molecule has 2 N–H and O–H groups in total. The Labute approximate surface area is 75.3 Å². The number of rotatable bonds is 3. The van der Waals surface area contributed by atoms with Crippen LogP contribution in [0.15, 0.2) is 18.2 Å². The van der Waals surface area contributed by atoms with Crippen molar-refractivity contribution in [2.75, 3.05) is 12.3 Å². The van der Waals surface area contributed by atoms with E-state index in [0.717, 1.165) is 5.56 Å². The summed E-state index contributed by atoms with van der Waals surface area (Å²) in [6, 6.07) is 5.07. The summed E-state index contributed by atoms with van der Waals surface area (Å²) in [5.41, 5.74) is 6.82. The predicted molar refractivity (Wildman–Crippen MR) is 47.1 cm³/mol. The molecule has 1 aromatic carbocycles. The van der Waals surface area contributed by atoms with Crippen molar-refractivity contribution >= 4 is 5.69 Å². The van der Waals surface area contributed by atoms with Crippen LogP contribution in [0.3, 0.4) is 0 Å². The molecule has 0 spiro atoms. The van der Waals surface area contributed by atoms with Crippen LogP contribution in [-0.4, -0.2) is 13.0 Å². The summed E-state index contributed by atoms with van der Waals surface area (Å²) >= 11 is 0. The molecule has 0 aliphatic heterocycles. The molecule has 0 bridgehead atoms. The average molecular weight is 187 g/mol. The number of halogens is 2. The van der Waals surface area contributed by atoms with Gasteiger partial charge in [0.25, 0.3) is 6.43 Å². The van der Waals surface area contributed by atoms with E-state index in [1.54, 1.807) is 18.2 Å². The van der Waals surface area contributed by atoms with E-state index in [1.807, 2.05) is 6.92 Å². The number of hydrogen-bond donors (Lipinski definition) is 1. The van der Waals surface area contributed by atoms with Crippen LogP contribution in [0.2, 0.25) is 0 Å². The second kappa shape index (κ2) is 4.07. The van der Waals surface area contributed by atoms with Gasteiger partial charge in [-0.15, -0.1) is 0 Å². The normalized spacial score (nSPS) is 10.5. The van der Waals surface area contributed by atoms with Crippen LogP contribution >= 0.6 is 0 Å². The molecule has 0 heterocycles. The molecule has 0 saturated carbocycles. The highest BCUT2D eigenvalue weighted by molar-refractivity contribution is 5.53. The van der Waals surface area contributed by atoms with Gasteiger partial charge in [-0.1, -0.05) is 6.07 Å². The molecule has 0 saturated heterocycles. The summed E-state index contributed by atoms with van der Waals surface area (Å²) in [6.07, 6.45) is -2.47. The van der Waals surface area contributed by atoms with Crippen molar-refractivity contribution in [2.45, 2.75) is 13.3 Å². The molecule has 1 aromatic rings. The minimum atomic E-state index is -2.47. The molecule has 0 radical (unpaired) electrons. The summed E-state index contributed by atoms with van der Waals surface area (Å²) in [7, 11) is 0. The lowest BCUT2D eigenvalue weighted by molar-refractivity contribution is 0.0822. The minimum Gasteiger partial charge on any atom is -0.485 e. The second-order valence-corrected chi connectivity index (χ2v) is 2.74. The molecule has 0 aliphatic rings. The Hall–Kier alpha value is -1.32. The van der Waals surface area contributed by atoms with Crippen molar-refractivity contribution in [2.24, 2.45) is 0 Å². The molecule has 2 nitrogen and oxygen atoms in total. The van der Waals surface area contributed by atoms with E-state index in [4.69, 9.17) is 10.5 Å². The number of hydrogen-bond acceptors (Lipinski definition) is 2. The van der Waals surface area contributed by atoms with Crippen LogP contribution in [0.4, 0.5) is 14.5 Å². The van der Waals surface area contributed by atoms with Gasteiger partial charge in [0, 0.05) is 0 Å². The molecule has 0 atom stereocenters. The van der Waals surface area contributed by atoms with Crippen LogP contribution in [-0.2, 0) is 0 Å². The number of nitrogens with two attached hydrogens (primary N) is 1. The molecular formula is C9H11F2NO. The first kappa shape index (κ1) is 9.77. The summed E-state index contributed by atoms with van der Waals surface area (Å²) in [5.74, 6) is 0.320. The Kier molecular flexibility index (Phi) is 3.06. The standard InChI is InChI=1S/C9H11F2NO/c1-6-2-3-7(12)8(4-6)13-5-9(10)11/h2-4,9H,5,12H2,1H3. The fourth-order valence-corrected chi connectivity index (χ4v) is 0.919. The van der Waals surface area contributed by atoms with Crippen LogP contribution < -0.4 is 10.5 Å². The third-order valence-electron chi connectivity index (χ3n) is 1.53. The van der Waals surface area contributed by atoms with Crippen molar-refractivity contribution in [3.63, 3.8) is 0 Å². The number of alkyl halides is 2. The van der Waals surface area contributed by atoms with Crippen LogP contribution in [0.5, 0.6) is 5.75 Å². The molecule has 4 heteroatoms. The third kappa shape index (κ3) is 2.89. The molecule has 1 rings (SSSR count). The predicted octanol–water partition coefficient (Wildman–Crippen LogP) is 2.22. The Morgan fingerprint density at radius 3 is 2.77 bits per heavy atom. The zero-order valence-electron chi connectivity index (χ0n) is 7.26. The second-order valence-electron chi connectivity index (χ2n) is 2.74. The van der Waals surface area contributed by atoms with E-state index >= 15 is 0 Å². The number of nitrogen functional groups attached to an aromatic ring is 1. The first-order valence-corrected chi connectivity index (χ1v) is 3.86. The first-order chi connectivity index (χ1) is 6.09. The number of ether oxygens (including phenoxy) is 1. The molecule has 0 aliphatic carbocycles. The lowest BCUT2D eigenvalue weighted by atomic mass is 10.2. The minimum absolute atomic E-state index is 0.320. The SMILES string of the molecule is Cc1ccc(N)c(OCC(F)F)c1. The van der Waals surface area contributed by atoms with Gasteiger partial charge in [-0.25, -0.2) is 8.78 Å². The van der Waals surface area contributed by atoms with Gasteiger partial charge in [-0.3, -0.25) is 0 Å². The average Bonchev–Trinajstić information content (AvgIpc) is 2.06. The quantitative estimate of drug-likeness (QED) is 0.736. The molecule has 13 heavy (non-hydrogen) atoms. The summed E-state index contributed by atoms with van der Waals surface area (Å²) in [4.78, 5) is 0. The van der Waals surface area contributed by atoms with E-state index in [9.17, 15) is 8.78 Å². The van der Waals surface area contributed by atoms with Crippen LogP contribution in [0, 0.1) is 6.92 Å². The van der Waals surface area contributed by atoms with Gasteiger partial charge < -0.3 is 10.5 Å². The Morgan fingerprint density at radius 2 is 2.15 bits per heavy atom. The third-order valence-corrected chi connectivity index (χ3v) is 1.53. The van der Waals surface area contributed by atoms with Crippen molar-refractivity contribution in [1.29, 1.82) is 0 Å². The maximum Gasteiger partial charge on any atom is 0.272 e. The van der Waals surface area contributed by atoms with E-state index in [2.05, 4.69) is 0 Å². The van der Waals surface area contributed by atoms with Crippen molar-refractivity contribution in [3.05, 3.63) is 23.8 Å². The van der Waals surface area contributed by atoms with Gasteiger partial charge in [-0.2, -0.15) is 0 Å². The van der Waals surface area contributed by atoms with Gasteiger partial charge in [0.1, 0.15) is 12.4 Å². The van der Waals surface area contributed by atoms with Crippen molar-refractivity contribution < 1.29 is 13.5 Å². The molecule has 72 valence electrons. The summed E-state index contributed by atoms with van der Waals surface area (Å²) in [5, 5.41) is 0. The van der Waals surface area contributed by atoms with E-state index in [-0.39, 0.29) is 0 Å². The smallest absolute Gasteiger partial charge is 0.272 e. The van der Waals surface area contributed by atoms with Crippen LogP contribution in [0.1, 0.15) is 5.56 Å². The number of anilines is 1. The lowest BCUT2D eigenvalue weighted by Crippen LogP contribution is -2.08. The van der Waals surface area contributed by atoms with Gasteiger partial charge in [0.2, 0.25) is 0 Å². The van der Waals surface area contributed by atoms with Gasteiger partial charge in [0.05, 0.1) is 5.69 Å². The molecular weight excluding hydrogens is 176 g/mol. The fourth-order valence-electron chi connectivity index (χ4n) is 0.919. The maximum absolute atomic E-state index is 11.8. The van der Waals surface area contributed by atoms with E-state index < -0.39 is 13.0 Å². The van der Waals surface area contributed by atoms with Crippen molar-refractivity contribution in [3.8, 4) is 5.75 Å².